The summed E-state index contributed by atoms with van der Waals surface area (Å²) < 4.78 is 0. The average Bonchev–Trinajstić information content (AvgIpc) is 2.75. The Bertz CT molecular complexity index is 526. The maximum Gasteiger partial charge on any atom is 0.0769 e. The number of fused-ring (bicyclic) bond motifs is 1. The van der Waals surface area contributed by atoms with Crippen LogP contribution in [-0.2, 0) is 6.54 Å². The van der Waals surface area contributed by atoms with Crippen molar-refractivity contribution < 1.29 is 0 Å². The van der Waals surface area contributed by atoms with Crippen molar-refractivity contribution in [2.75, 3.05) is 0 Å². The van der Waals surface area contributed by atoms with Crippen molar-refractivity contribution in [1.82, 2.24) is 15.5 Å². The van der Waals surface area contributed by atoms with Crippen LogP contribution in [0.2, 0.25) is 0 Å². The molecule has 1 aromatic heterocycles. The molecule has 0 saturated carbocycles. The molecule has 2 unspecified atom stereocenters. The largest absolute Gasteiger partial charge is 0.324 e. The normalized spacial score (nSPS) is 21.8. The Hall–Kier alpha value is -1.78. The van der Waals surface area contributed by atoms with Crippen LogP contribution in [-0.4, -0.2) is 10.2 Å². The minimum Gasteiger partial charge on any atom is -0.324 e. The van der Waals surface area contributed by atoms with Gasteiger partial charge in [0.1, 0.15) is 0 Å². The van der Waals surface area contributed by atoms with Crippen molar-refractivity contribution in [2.45, 2.75) is 25.0 Å². The van der Waals surface area contributed by atoms with Crippen molar-refractivity contribution in [3.8, 4) is 0 Å². The van der Waals surface area contributed by atoms with E-state index in [9.17, 15) is 0 Å². The number of nitrogens with one attached hydrogen (secondary N) is 1. The highest BCUT2D eigenvalue weighted by Crippen LogP contribution is 2.36. The molecule has 0 saturated heterocycles. The van der Waals surface area contributed by atoms with Crippen LogP contribution in [0.3, 0.4) is 0 Å². The molecule has 2 atom stereocenters. The lowest BCUT2D eigenvalue weighted by molar-refractivity contribution is 0.493. The lowest BCUT2D eigenvalue weighted by Crippen LogP contribution is -2.20. The van der Waals surface area contributed by atoms with Gasteiger partial charge in [0.05, 0.1) is 5.69 Å². The molecule has 1 aliphatic carbocycles. The first kappa shape index (κ1) is 11.3. The van der Waals surface area contributed by atoms with Gasteiger partial charge in [-0.3, -0.25) is 0 Å². The molecule has 3 N–H and O–H groups in total. The monoisotopic (exact) mass is 240 g/mol. The Labute approximate surface area is 106 Å². The number of hydrogen-bond acceptors (Lipinski definition) is 4. The Morgan fingerprint density at radius 1 is 1.17 bits per heavy atom. The van der Waals surface area contributed by atoms with Gasteiger partial charge < -0.3 is 11.1 Å². The molecule has 4 nitrogen and oxygen atoms in total. The molecule has 18 heavy (non-hydrogen) atoms. The number of rotatable bonds is 3. The minimum atomic E-state index is 0.139. The van der Waals surface area contributed by atoms with Crippen molar-refractivity contribution >= 4 is 0 Å². The molecule has 3 rings (SSSR count). The summed E-state index contributed by atoms with van der Waals surface area (Å²) in [5.74, 6) is 0. The third-order valence-corrected chi connectivity index (χ3v) is 3.42. The Morgan fingerprint density at radius 2 is 2.00 bits per heavy atom. The molecular formula is C14H16N4. The predicted molar refractivity (Wildman–Crippen MR) is 69.6 cm³/mol. The van der Waals surface area contributed by atoms with E-state index in [1.54, 1.807) is 6.20 Å². The number of aromatic nitrogens is 2. The van der Waals surface area contributed by atoms with E-state index in [2.05, 4.69) is 33.7 Å². The van der Waals surface area contributed by atoms with Gasteiger partial charge in [-0.05, 0) is 29.7 Å². The fourth-order valence-corrected chi connectivity index (χ4v) is 2.52. The van der Waals surface area contributed by atoms with Crippen molar-refractivity contribution in [2.24, 2.45) is 5.73 Å². The summed E-state index contributed by atoms with van der Waals surface area (Å²) in [6.07, 6.45) is 2.63. The second kappa shape index (κ2) is 4.84. The van der Waals surface area contributed by atoms with E-state index in [1.807, 2.05) is 18.2 Å². The quantitative estimate of drug-likeness (QED) is 0.857. The first-order valence-corrected chi connectivity index (χ1v) is 6.19. The summed E-state index contributed by atoms with van der Waals surface area (Å²) in [5, 5.41) is 11.4. The SMILES string of the molecule is NC1CC(NCc2cccnn2)c2ccccc21. The van der Waals surface area contributed by atoms with Crippen molar-refractivity contribution in [1.29, 1.82) is 0 Å². The van der Waals surface area contributed by atoms with Crippen LogP contribution in [0.4, 0.5) is 0 Å². The van der Waals surface area contributed by atoms with Crippen molar-refractivity contribution in [3.05, 3.63) is 59.4 Å². The summed E-state index contributed by atoms with van der Waals surface area (Å²) >= 11 is 0. The standard InChI is InChI=1S/C14H16N4/c15-13-8-14(12-6-2-1-5-11(12)13)16-9-10-4-3-7-17-18-10/h1-7,13-14,16H,8-9,15H2. The molecule has 0 aliphatic heterocycles. The van der Waals surface area contributed by atoms with E-state index in [0.717, 1.165) is 18.7 Å². The third kappa shape index (κ3) is 2.12. The average molecular weight is 240 g/mol. The molecule has 1 aliphatic rings. The zero-order valence-electron chi connectivity index (χ0n) is 10.1. The minimum absolute atomic E-state index is 0.139. The highest BCUT2D eigenvalue weighted by atomic mass is 15.1. The molecule has 0 amide bonds. The van der Waals surface area contributed by atoms with Crippen LogP contribution in [0, 0.1) is 0 Å². The Kier molecular flexibility index (Phi) is 3.04. The maximum atomic E-state index is 6.14. The number of nitrogens with zero attached hydrogens (tertiary/aromatic N) is 2. The lowest BCUT2D eigenvalue weighted by Gasteiger charge is -2.13. The van der Waals surface area contributed by atoms with E-state index < -0.39 is 0 Å². The molecular weight excluding hydrogens is 224 g/mol. The van der Waals surface area contributed by atoms with E-state index in [-0.39, 0.29) is 6.04 Å². The van der Waals surface area contributed by atoms with Gasteiger partial charge >= 0.3 is 0 Å². The lowest BCUT2D eigenvalue weighted by atomic mass is 10.1. The highest BCUT2D eigenvalue weighted by Gasteiger charge is 2.27. The molecule has 92 valence electrons. The van der Waals surface area contributed by atoms with Crippen molar-refractivity contribution in [3.63, 3.8) is 0 Å². The zero-order valence-corrected chi connectivity index (χ0v) is 10.1. The van der Waals surface area contributed by atoms with Gasteiger partial charge in [0, 0.05) is 24.8 Å². The topological polar surface area (TPSA) is 63.8 Å². The highest BCUT2D eigenvalue weighted by molar-refractivity contribution is 5.37. The zero-order chi connectivity index (χ0) is 12.4. The van der Waals surface area contributed by atoms with Gasteiger partial charge in [0.15, 0.2) is 0 Å². The van der Waals surface area contributed by atoms with Gasteiger partial charge in [-0.2, -0.15) is 10.2 Å². The summed E-state index contributed by atoms with van der Waals surface area (Å²) in [5.41, 5.74) is 9.66. The smallest absolute Gasteiger partial charge is 0.0769 e. The molecule has 4 heteroatoms. The van der Waals surface area contributed by atoms with Crippen LogP contribution >= 0.6 is 0 Å². The van der Waals surface area contributed by atoms with Gasteiger partial charge in [-0.25, -0.2) is 0 Å². The molecule has 0 radical (unpaired) electrons. The maximum absolute atomic E-state index is 6.14. The van der Waals surface area contributed by atoms with E-state index in [0.29, 0.717) is 6.04 Å². The van der Waals surface area contributed by atoms with Gasteiger partial charge in [0.2, 0.25) is 0 Å². The number of hydrogen-bond donors (Lipinski definition) is 2. The summed E-state index contributed by atoms with van der Waals surface area (Å²) in [6, 6.07) is 12.7. The van der Waals surface area contributed by atoms with Gasteiger partial charge in [-0.1, -0.05) is 24.3 Å². The fourth-order valence-electron chi connectivity index (χ4n) is 2.52. The van der Waals surface area contributed by atoms with Crippen LogP contribution in [0.5, 0.6) is 0 Å². The molecule has 1 aromatic carbocycles. The molecule has 2 aromatic rings. The number of nitrogens with two attached hydrogens (primary N) is 1. The predicted octanol–water partition coefficient (Wildman–Crippen LogP) is 1.71. The van der Waals surface area contributed by atoms with Crippen LogP contribution in [0.25, 0.3) is 0 Å². The second-order valence-electron chi connectivity index (χ2n) is 4.62. The molecule has 0 fully saturated rings. The number of benzene rings is 1. The molecule has 1 heterocycles. The van der Waals surface area contributed by atoms with Gasteiger partial charge in [-0.15, -0.1) is 0 Å². The van der Waals surface area contributed by atoms with Gasteiger partial charge in [0.25, 0.3) is 0 Å². The molecule has 0 bridgehead atoms. The van der Waals surface area contributed by atoms with E-state index in [1.165, 1.54) is 11.1 Å². The second-order valence-corrected chi connectivity index (χ2v) is 4.62. The molecule has 0 spiro atoms. The van der Waals surface area contributed by atoms with E-state index >= 15 is 0 Å². The first-order valence-electron chi connectivity index (χ1n) is 6.19. The fraction of sp³-hybridized carbons (Fsp3) is 0.286. The Morgan fingerprint density at radius 3 is 2.78 bits per heavy atom. The van der Waals surface area contributed by atoms with Crippen LogP contribution in [0.15, 0.2) is 42.6 Å². The van der Waals surface area contributed by atoms with Crippen LogP contribution in [0.1, 0.15) is 35.3 Å². The summed E-state index contributed by atoms with van der Waals surface area (Å²) in [6.45, 7) is 0.722. The van der Waals surface area contributed by atoms with E-state index in [4.69, 9.17) is 5.73 Å². The summed E-state index contributed by atoms with van der Waals surface area (Å²) in [4.78, 5) is 0. The Balaban J connectivity index is 1.72. The summed E-state index contributed by atoms with van der Waals surface area (Å²) in [7, 11) is 0. The third-order valence-electron chi connectivity index (χ3n) is 3.42. The first-order chi connectivity index (χ1) is 8.84. The van der Waals surface area contributed by atoms with Crippen LogP contribution < -0.4 is 11.1 Å².